The van der Waals surface area contributed by atoms with Crippen LogP contribution in [0.15, 0.2) is 48.6 Å². The molecule has 148 valence electrons. The van der Waals surface area contributed by atoms with E-state index in [-0.39, 0.29) is 5.41 Å². The molecule has 0 aliphatic heterocycles. The molecule has 0 bridgehead atoms. The molecule has 0 spiro atoms. The van der Waals surface area contributed by atoms with Crippen LogP contribution in [0.1, 0.15) is 43.9 Å². The summed E-state index contributed by atoms with van der Waals surface area (Å²) in [5.41, 5.74) is 3.12. The molecule has 0 amide bonds. The Hall–Kier alpha value is -2.15. The van der Waals surface area contributed by atoms with Gasteiger partial charge in [0.2, 0.25) is 0 Å². The molecule has 0 fully saturated rings. The summed E-state index contributed by atoms with van der Waals surface area (Å²) in [5.74, 6) is 1.51. The van der Waals surface area contributed by atoms with Gasteiger partial charge in [0.15, 0.2) is 5.75 Å². The second-order valence-electron chi connectivity index (χ2n) is 7.03. The maximum absolute atomic E-state index is 9.52. The van der Waals surface area contributed by atoms with E-state index >= 15 is 0 Å². The number of rotatable bonds is 9. The average molecular weight is 418 g/mol. The Bertz CT molecular complexity index is 867. The first-order valence-corrected chi connectivity index (χ1v) is 10.1. The minimum absolute atomic E-state index is 0.296. The summed E-state index contributed by atoms with van der Waals surface area (Å²) in [5, 5.41) is 9.93. The van der Waals surface area contributed by atoms with E-state index in [9.17, 15) is 5.26 Å². The average Bonchev–Trinajstić information content (AvgIpc) is 2.70. The molecular formula is C23H25Cl2NO2. The third-order valence-electron chi connectivity index (χ3n) is 4.73. The predicted octanol–water partition coefficient (Wildman–Crippen LogP) is 6.50. The second kappa shape index (κ2) is 9.87. The van der Waals surface area contributed by atoms with Gasteiger partial charge < -0.3 is 9.47 Å². The van der Waals surface area contributed by atoms with Crippen LogP contribution in [0, 0.1) is 11.3 Å². The van der Waals surface area contributed by atoms with Crippen molar-refractivity contribution in [3.05, 3.63) is 70.3 Å². The third-order valence-corrected chi connectivity index (χ3v) is 5.16. The van der Waals surface area contributed by atoms with Crippen molar-refractivity contribution in [2.24, 2.45) is 0 Å². The molecular weight excluding hydrogens is 393 g/mol. The van der Waals surface area contributed by atoms with Crippen molar-refractivity contribution < 1.29 is 9.47 Å². The van der Waals surface area contributed by atoms with E-state index in [4.69, 9.17) is 32.7 Å². The van der Waals surface area contributed by atoms with Crippen molar-refractivity contribution in [2.45, 2.75) is 32.6 Å². The van der Waals surface area contributed by atoms with Crippen molar-refractivity contribution in [3.8, 4) is 17.6 Å². The molecule has 2 aromatic rings. The van der Waals surface area contributed by atoms with Gasteiger partial charge in [-0.15, -0.1) is 11.6 Å². The van der Waals surface area contributed by atoms with Crippen LogP contribution in [0.3, 0.4) is 0 Å². The Balaban J connectivity index is 2.29. The van der Waals surface area contributed by atoms with Crippen LogP contribution < -0.4 is 9.47 Å². The number of hydrogen-bond donors (Lipinski definition) is 0. The van der Waals surface area contributed by atoms with E-state index in [2.05, 4.69) is 33.4 Å². The molecule has 0 aliphatic carbocycles. The van der Waals surface area contributed by atoms with Gasteiger partial charge in [0, 0.05) is 5.41 Å². The minimum atomic E-state index is -0.355. The van der Waals surface area contributed by atoms with Crippen LogP contribution >= 0.6 is 23.2 Å². The molecule has 5 heteroatoms. The normalized spacial score (nSPS) is 11.0. The van der Waals surface area contributed by atoms with Gasteiger partial charge >= 0.3 is 0 Å². The first-order chi connectivity index (χ1) is 13.3. The lowest BCUT2D eigenvalue weighted by atomic mass is 9.77. The van der Waals surface area contributed by atoms with Crippen LogP contribution in [-0.4, -0.2) is 19.1 Å². The zero-order chi connectivity index (χ0) is 20.7. The van der Waals surface area contributed by atoms with Gasteiger partial charge in [-0.2, -0.15) is 5.26 Å². The standard InChI is InChI=1S/C23H25Cl2NO2/c1-5-16(2)15-28-20-8-6-18(7-9-20)23(3,4)19-12-17(14-26)22(21(25)13-19)27-11-10-24/h6-9,12-13H,2,5,10-11,15H2,1,3-4H3. The maximum Gasteiger partial charge on any atom is 0.155 e. The zero-order valence-electron chi connectivity index (χ0n) is 16.5. The number of nitrogens with zero attached hydrogens (tertiary/aromatic N) is 1. The fourth-order valence-electron chi connectivity index (χ4n) is 2.75. The summed E-state index contributed by atoms with van der Waals surface area (Å²) >= 11 is 12.1. The lowest BCUT2D eigenvalue weighted by Gasteiger charge is -2.27. The number of benzene rings is 2. The first kappa shape index (κ1) is 22.1. The second-order valence-corrected chi connectivity index (χ2v) is 7.81. The lowest BCUT2D eigenvalue weighted by molar-refractivity contribution is 0.341. The van der Waals surface area contributed by atoms with Crippen LogP contribution in [0.25, 0.3) is 0 Å². The van der Waals surface area contributed by atoms with Crippen LogP contribution in [0.5, 0.6) is 11.5 Å². The van der Waals surface area contributed by atoms with E-state index in [0.717, 1.165) is 28.9 Å². The zero-order valence-corrected chi connectivity index (χ0v) is 18.0. The van der Waals surface area contributed by atoms with E-state index in [1.165, 1.54) is 0 Å². The summed E-state index contributed by atoms with van der Waals surface area (Å²) in [6, 6.07) is 13.8. The Labute approximate surface area is 177 Å². The fraction of sp³-hybridized carbons (Fsp3) is 0.348. The van der Waals surface area contributed by atoms with Gasteiger partial charge in [0.1, 0.15) is 25.0 Å². The highest BCUT2D eigenvalue weighted by molar-refractivity contribution is 6.32. The quantitative estimate of drug-likeness (QED) is 0.345. The SMILES string of the molecule is C=C(CC)COc1ccc(C(C)(C)c2cc(Cl)c(OCCCl)c(C#N)c2)cc1. The molecule has 0 aliphatic rings. The summed E-state index contributed by atoms with van der Waals surface area (Å²) in [7, 11) is 0. The highest BCUT2D eigenvalue weighted by atomic mass is 35.5. The largest absolute Gasteiger partial charge is 0.489 e. The molecule has 0 saturated carbocycles. The Morgan fingerprint density at radius 3 is 2.39 bits per heavy atom. The van der Waals surface area contributed by atoms with Crippen molar-refractivity contribution in [3.63, 3.8) is 0 Å². The van der Waals surface area contributed by atoms with Crippen molar-refractivity contribution in [1.82, 2.24) is 0 Å². The van der Waals surface area contributed by atoms with Gasteiger partial charge in [-0.1, -0.05) is 51.1 Å². The fourth-order valence-corrected chi connectivity index (χ4v) is 3.10. The molecule has 2 rings (SSSR count). The van der Waals surface area contributed by atoms with E-state index in [1.54, 1.807) is 0 Å². The summed E-state index contributed by atoms with van der Waals surface area (Å²) < 4.78 is 11.3. The Kier molecular flexibility index (Phi) is 7.80. The van der Waals surface area contributed by atoms with Gasteiger partial charge in [0.05, 0.1) is 16.5 Å². The van der Waals surface area contributed by atoms with Crippen LogP contribution in [0.4, 0.5) is 0 Å². The van der Waals surface area contributed by atoms with E-state index in [1.807, 2.05) is 36.4 Å². The predicted molar refractivity (Wildman–Crippen MR) is 116 cm³/mol. The van der Waals surface area contributed by atoms with Gasteiger partial charge in [-0.3, -0.25) is 0 Å². The van der Waals surface area contributed by atoms with Crippen molar-refractivity contribution >= 4 is 23.2 Å². The number of ether oxygens (including phenoxy) is 2. The number of halogens is 2. The monoisotopic (exact) mass is 417 g/mol. The van der Waals surface area contributed by atoms with Crippen LogP contribution in [-0.2, 0) is 5.41 Å². The topological polar surface area (TPSA) is 42.2 Å². The van der Waals surface area contributed by atoms with Gasteiger partial charge in [-0.25, -0.2) is 0 Å². The Morgan fingerprint density at radius 2 is 1.82 bits per heavy atom. The highest BCUT2D eigenvalue weighted by Crippen LogP contribution is 2.38. The molecule has 2 aromatic carbocycles. The summed E-state index contributed by atoms with van der Waals surface area (Å²) in [6.07, 6.45) is 0.900. The lowest BCUT2D eigenvalue weighted by Crippen LogP contribution is -2.19. The molecule has 0 atom stereocenters. The summed E-state index contributed by atoms with van der Waals surface area (Å²) in [6.45, 7) is 11.0. The highest BCUT2D eigenvalue weighted by Gasteiger charge is 2.26. The molecule has 0 aromatic heterocycles. The van der Waals surface area contributed by atoms with Gasteiger partial charge in [0.25, 0.3) is 0 Å². The molecule has 28 heavy (non-hydrogen) atoms. The molecule has 0 N–H and O–H groups in total. The smallest absolute Gasteiger partial charge is 0.155 e. The van der Waals surface area contributed by atoms with E-state index in [0.29, 0.717) is 35.4 Å². The van der Waals surface area contributed by atoms with Gasteiger partial charge in [-0.05, 0) is 47.4 Å². The molecule has 0 radical (unpaired) electrons. The Morgan fingerprint density at radius 1 is 1.14 bits per heavy atom. The molecule has 0 unspecified atom stereocenters. The minimum Gasteiger partial charge on any atom is -0.489 e. The first-order valence-electron chi connectivity index (χ1n) is 9.16. The maximum atomic E-state index is 9.52. The van der Waals surface area contributed by atoms with Crippen molar-refractivity contribution in [2.75, 3.05) is 19.1 Å². The molecule has 0 heterocycles. The number of hydrogen-bond acceptors (Lipinski definition) is 3. The number of nitriles is 1. The molecule has 0 saturated heterocycles. The summed E-state index contributed by atoms with van der Waals surface area (Å²) in [4.78, 5) is 0. The number of alkyl halides is 1. The van der Waals surface area contributed by atoms with Crippen molar-refractivity contribution in [1.29, 1.82) is 5.26 Å². The third kappa shape index (κ3) is 5.22. The van der Waals surface area contributed by atoms with Crippen LogP contribution in [0.2, 0.25) is 5.02 Å². The molecule has 3 nitrogen and oxygen atoms in total. The van der Waals surface area contributed by atoms with E-state index < -0.39 is 0 Å².